The Hall–Kier alpha value is -1.03. The minimum atomic E-state index is 0.174. The summed E-state index contributed by atoms with van der Waals surface area (Å²) in [5.41, 5.74) is 0. The summed E-state index contributed by atoms with van der Waals surface area (Å²) in [7, 11) is 0. The molecule has 1 aromatic rings. The molecule has 0 fully saturated rings. The normalized spacial score (nSPS) is 11.1. The maximum absolute atomic E-state index is 9.16. The Labute approximate surface area is 97.9 Å². The molecule has 0 atom stereocenters. The highest BCUT2D eigenvalue weighted by Gasteiger charge is 2.18. The van der Waals surface area contributed by atoms with Crippen molar-refractivity contribution in [1.29, 1.82) is 0 Å². The van der Waals surface area contributed by atoms with Gasteiger partial charge in [-0.05, 0) is 19.8 Å². The lowest BCUT2D eigenvalue weighted by atomic mass is 10.1. The molecule has 4 nitrogen and oxygen atoms in total. The molecule has 0 radical (unpaired) electrons. The average Bonchev–Trinajstić information content (AvgIpc) is 2.77. The van der Waals surface area contributed by atoms with E-state index in [1.54, 1.807) is 0 Å². The number of aliphatic hydroxyl groups is 1. The molecule has 0 saturated heterocycles. The van der Waals surface area contributed by atoms with Crippen LogP contribution in [0.3, 0.4) is 0 Å². The van der Waals surface area contributed by atoms with Crippen molar-refractivity contribution in [3.8, 4) is 0 Å². The van der Waals surface area contributed by atoms with E-state index in [1.807, 2.05) is 12.4 Å². The van der Waals surface area contributed by atoms with Crippen LogP contribution in [0.5, 0.6) is 0 Å². The zero-order valence-electron chi connectivity index (χ0n) is 10.6. The van der Waals surface area contributed by atoms with Crippen molar-refractivity contribution >= 4 is 5.95 Å². The van der Waals surface area contributed by atoms with Crippen LogP contribution in [0.2, 0.25) is 0 Å². The molecule has 0 spiro atoms. The summed E-state index contributed by atoms with van der Waals surface area (Å²) in [4.78, 5) is 6.61. The Morgan fingerprint density at radius 3 is 2.56 bits per heavy atom. The van der Waals surface area contributed by atoms with Crippen LogP contribution in [0.1, 0.15) is 33.6 Å². The molecule has 0 unspecified atom stereocenters. The van der Waals surface area contributed by atoms with E-state index in [1.165, 1.54) is 0 Å². The summed E-state index contributed by atoms with van der Waals surface area (Å²) in [6.45, 7) is 8.21. The van der Waals surface area contributed by atoms with Gasteiger partial charge in [0.05, 0.1) is 6.61 Å². The predicted molar refractivity (Wildman–Crippen MR) is 66.7 cm³/mol. The SMILES string of the molecule is CCC(CC)N(CCO)c1nccn1CC. The van der Waals surface area contributed by atoms with E-state index in [0.29, 0.717) is 12.6 Å². The van der Waals surface area contributed by atoms with E-state index in [0.717, 1.165) is 25.3 Å². The van der Waals surface area contributed by atoms with Crippen LogP contribution in [0.4, 0.5) is 5.95 Å². The first-order valence-corrected chi connectivity index (χ1v) is 6.17. The van der Waals surface area contributed by atoms with Gasteiger partial charge in [-0.3, -0.25) is 0 Å². The van der Waals surface area contributed by atoms with Crippen molar-refractivity contribution in [2.45, 2.75) is 46.2 Å². The quantitative estimate of drug-likeness (QED) is 0.770. The van der Waals surface area contributed by atoms with E-state index in [-0.39, 0.29) is 6.61 Å². The number of aromatic nitrogens is 2. The third kappa shape index (κ3) is 2.76. The van der Waals surface area contributed by atoms with E-state index in [4.69, 9.17) is 5.11 Å². The monoisotopic (exact) mass is 225 g/mol. The second-order valence-corrected chi connectivity index (χ2v) is 3.90. The summed E-state index contributed by atoms with van der Waals surface area (Å²) in [5.74, 6) is 0.977. The molecule has 0 aliphatic carbocycles. The van der Waals surface area contributed by atoms with Gasteiger partial charge in [-0.25, -0.2) is 4.98 Å². The van der Waals surface area contributed by atoms with Gasteiger partial charge in [0, 0.05) is 31.5 Å². The highest BCUT2D eigenvalue weighted by Crippen LogP contribution is 2.18. The fourth-order valence-corrected chi connectivity index (χ4v) is 2.09. The Bertz CT molecular complexity index is 294. The van der Waals surface area contributed by atoms with Crippen molar-refractivity contribution in [1.82, 2.24) is 9.55 Å². The van der Waals surface area contributed by atoms with Gasteiger partial charge in [-0.15, -0.1) is 0 Å². The third-order valence-corrected chi connectivity index (χ3v) is 3.02. The van der Waals surface area contributed by atoms with Gasteiger partial charge in [-0.1, -0.05) is 13.8 Å². The van der Waals surface area contributed by atoms with E-state index in [9.17, 15) is 0 Å². The van der Waals surface area contributed by atoms with Crippen molar-refractivity contribution in [2.24, 2.45) is 0 Å². The zero-order valence-corrected chi connectivity index (χ0v) is 10.6. The lowest BCUT2D eigenvalue weighted by Gasteiger charge is -2.31. The fourth-order valence-electron chi connectivity index (χ4n) is 2.09. The summed E-state index contributed by atoms with van der Waals surface area (Å²) in [6.07, 6.45) is 5.97. The molecule has 1 N–H and O–H groups in total. The van der Waals surface area contributed by atoms with Crippen molar-refractivity contribution in [3.05, 3.63) is 12.4 Å². The van der Waals surface area contributed by atoms with Crippen LogP contribution >= 0.6 is 0 Å². The van der Waals surface area contributed by atoms with Gasteiger partial charge in [-0.2, -0.15) is 0 Å². The molecule has 16 heavy (non-hydrogen) atoms. The summed E-state index contributed by atoms with van der Waals surface area (Å²) in [5, 5.41) is 9.16. The number of aryl methyl sites for hydroxylation is 1. The molecule has 0 aliphatic rings. The fraction of sp³-hybridized carbons (Fsp3) is 0.750. The van der Waals surface area contributed by atoms with E-state index in [2.05, 4.69) is 35.2 Å². The van der Waals surface area contributed by atoms with Gasteiger partial charge in [0.25, 0.3) is 0 Å². The van der Waals surface area contributed by atoms with Crippen LogP contribution < -0.4 is 4.90 Å². The number of imidazole rings is 1. The number of nitrogens with zero attached hydrogens (tertiary/aromatic N) is 3. The molecule has 0 aliphatic heterocycles. The maximum atomic E-state index is 9.16. The molecular weight excluding hydrogens is 202 g/mol. The predicted octanol–water partition coefficient (Wildman–Crippen LogP) is 1.89. The Morgan fingerprint density at radius 2 is 2.06 bits per heavy atom. The van der Waals surface area contributed by atoms with E-state index < -0.39 is 0 Å². The zero-order chi connectivity index (χ0) is 12.0. The molecule has 1 heterocycles. The number of rotatable bonds is 7. The van der Waals surface area contributed by atoms with Crippen LogP contribution in [0.15, 0.2) is 12.4 Å². The molecule has 1 rings (SSSR count). The largest absolute Gasteiger partial charge is 0.395 e. The van der Waals surface area contributed by atoms with Gasteiger partial charge < -0.3 is 14.6 Å². The highest BCUT2D eigenvalue weighted by atomic mass is 16.3. The Balaban J connectivity index is 2.91. The molecule has 0 amide bonds. The van der Waals surface area contributed by atoms with Crippen molar-refractivity contribution < 1.29 is 5.11 Å². The summed E-state index contributed by atoms with van der Waals surface area (Å²) in [6, 6.07) is 0.458. The number of anilines is 1. The molecule has 92 valence electrons. The van der Waals surface area contributed by atoms with Crippen molar-refractivity contribution in [3.63, 3.8) is 0 Å². The third-order valence-electron chi connectivity index (χ3n) is 3.02. The lowest BCUT2D eigenvalue weighted by molar-refractivity contribution is 0.294. The van der Waals surface area contributed by atoms with Gasteiger partial charge in [0.2, 0.25) is 5.95 Å². The minimum absolute atomic E-state index is 0.174. The molecule has 1 aromatic heterocycles. The first-order valence-electron chi connectivity index (χ1n) is 6.17. The van der Waals surface area contributed by atoms with Crippen LogP contribution in [0, 0.1) is 0 Å². The van der Waals surface area contributed by atoms with Crippen LogP contribution in [-0.2, 0) is 6.54 Å². The topological polar surface area (TPSA) is 41.3 Å². The smallest absolute Gasteiger partial charge is 0.205 e. The minimum Gasteiger partial charge on any atom is -0.395 e. The second kappa shape index (κ2) is 6.53. The molecule has 4 heteroatoms. The first-order chi connectivity index (χ1) is 7.78. The number of hydrogen-bond donors (Lipinski definition) is 1. The standard InChI is InChI=1S/C12H23N3O/c1-4-11(5-2)15(9-10-16)12-13-7-8-14(12)6-3/h7-8,11,16H,4-6,9-10H2,1-3H3. The molecule has 0 saturated carbocycles. The molecule has 0 bridgehead atoms. The average molecular weight is 225 g/mol. The van der Waals surface area contributed by atoms with Gasteiger partial charge >= 0.3 is 0 Å². The van der Waals surface area contributed by atoms with Crippen LogP contribution in [0.25, 0.3) is 0 Å². The second-order valence-electron chi connectivity index (χ2n) is 3.90. The molecular formula is C12H23N3O. The Kier molecular flexibility index (Phi) is 5.32. The highest BCUT2D eigenvalue weighted by molar-refractivity contribution is 5.33. The maximum Gasteiger partial charge on any atom is 0.205 e. The van der Waals surface area contributed by atoms with Gasteiger partial charge in [0.15, 0.2) is 0 Å². The van der Waals surface area contributed by atoms with Crippen molar-refractivity contribution in [2.75, 3.05) is 18.1 Å². The van der Waals surface area contributed by atoms with E-state index >= 15 is 0 Å². The first kappa shape index (κ1) is 13.0. The lowest BCUT2D eigenvalue weighted by Crippen LogP contribution is -2.38. The number of hydrogen-bond acceptors (Lipinski definition) is 3. The van der Waals surface area contributed by atoms with Crippen LogP contribution in [-0.4, -0.2) is 33.9 Å². The molecule has 0 aromatic carbocycles. The van der Waals surface area contributed by atoms with Gasteiger partial charge in [0.1, 0.15) is 0 Å². The number of aliphatic hydroxyl groups excluding tert-OH is 1. The summed E-state index contributed by atoms with van der Waals surface area (Å²) >= 11 is 0. The Morgan fingerprint density at radius 1 is 1.38 bits per heavy atom. The summed E-state index contributed by atoms with van der Waals surface area (Å²) < 4.78 is 2.12.